The molecule has 1 heterocycles. The SMILES string of the molecule is Cc1cccc(C)c1NC(=O)c1ccc2nc(NCC(C)(C)CC=O)sc2c1. The van der Waals surface area contributed by atoms with Crippen LogP contribution in [0.5, 0.6) is 0 Å². The Labute approximate surface area is 169 Å². The Morgan fingerprint density at radius 1 is 1.18 bits per heavy atom. The number of aromatic nitrogens is 1. The van der Waals surface area contributed by atoms with E-state index >= 15 is 0 Å². The standard InChI is InChI=1S/C22H25N3O2S/c1-14-6-5-7-15(2)19(14)25-20(27)16-8-9-17-18(12-16)28-21(24-17)23-13-22(3,4)10-11-26/h5-9,11-12H,10,13H2,1-4H3,(H,23,24)(H,25,27). The van der Waals surface area contributed by atoms with E-state index in [2.05, 4.69) is 15.6 Å². The number of amides is 1. The maximum atomic E-state index is 12.7. The molecule has 2 N–H and O–H groups in total. The average molecular weight is 396 g/mol. The first-order valence-electron chi connectivity index (χ1n) is 9.25. The number of carbonyl (C=O) groups excluding carboxylic acids is 2. The molecule has 0 fully saturated rings. The fourth-order valence-corrected chi connectivity index (χ4v) is 3.85. The predicted octanol–water partition coefficient (Wildman–Crippen LogP) is 5.19. The van der Waals surface area contributed by atoms with Crippen molar-refractivity contribution in [3.8, 4) is 0 Å². The van der Waals surface area contributed by atoms with Crippen LogP contribution in [0, 0.1) is 19.3 Å². The Kier molecular flexibility index (Phi) is 5.79. The van der Waals surface area contributed by atoms with Gasteiger partial charge in [0.25, 0.3) is 5.91 Å². The number of fused-ring (bicyclic) bond motifs is 1. The quantitative estimate of drug-likeness (QED) is 0.540. The molecule has 0 aliphatic rings. The summed E-state index contributed by atoms with van der Waals surface area (Å²) in [4.78, 5) is 28.1. The molecule has 6 heteroatoms. The number of carbonyl (C=O) groups is 2. The summed E-state index contributed by atoms with van der Waals surface area (Å²) >= 11 is 1.51. The molecule has 0 aliphatic heterocycles. The van der Waals surface area contributed by atoms with Gasteiger partial charge in [0.05, 0.1) is 10.2 Å². The first-order chi connectivity index (χ1) is 13.3. The van der Waals surface area contributed by atoms with Crippen LogP contribution >= 0.6 is 11.3 Å². The number of nitrogens with one attached hydrogen (secondary N) is 2. The zero-order valence-corrected chi connectivity index (χ0v) is 17.4. The first kappa shape index (κ1) is 20.0. The number of rotatable bonds is 7. The topological polar surface area (TPSA) is 71.1 Å². The van der Waals surface area contributed by atoms with Gasteiger partial charge < -0.3 is 15.4 Å². The van der Waals surface area contributed by atoms with E-state index < -0.39 is 0 Å². The molecule has 2 aromatic carbocycles. The molecule has 5 nitrogen and oxygen atoms in total. The molecule has 1 aromatic heterocycles. The zero-order valence-electron chi connectivity index (χ0n) is 16.6. The van der Waals surface area contributed by atoms with E-state index in [1.54, 1.807) is 6.07 Å². The van der Waals surface area contributed by atoms with Crippen molar-refractivity contribution in [2.45, 2.75) is 34.1 Å². The maximum Gasteiger partial charge on any atom is 0.255 e. The summed E-state index contributed by atoms with van der Waals surface area (Å²) < 4.78 is 0.949. The minimum Gasteiger partial charge on any atom is -0.361 e. The number of hydrogen-bond acceptors (Lipinski definition) is 5. The molecule has 0 unspecified atom stereocenters. The van der Waals surface area contributed by atoms with E-state index in [4.69, 9.17) is 0 Å². The lowest BCUT2D eigenvalue weighted by atomic mass is 9.90. The van der Waals surface area contributed by atoms with Gasteiger partial charge in [-0.15, -0.1) is 0 Å². The normalized spacial score (nSPS) is 11.4. The number of anilines is 2. The number of hydrogen-bond donors (Lipinski definition) is 2. The van der Waals surface area contributed by atoms with E-state index in [1.807, 2.05) is 58.0 Å². The highest BCUT2D eigenvalue weighted by molar-refractivity contribution is 7.22. The molecule has 0 radical (unpaired) electrons. The highest BCUT2D eigenvalue weighted by Gasteiger charge is 2.18. The van der Waals surface area contributed by atoms with E-state index in [1.165, 1.54) is 11.3 Å². The summed E-state index contributed by atoms with van der Waals surface area (Å²) in [5, 5.41) is 7.13. The molecule has 28 heavy (non-hydrogen) atoms. The lowest BCUT2D eigenvalue weighted by Crippen LogP contribution is -2.23. The van der Waals surface area contributed by atoms with Gasteiger partial charge in [-0.25, -0.2) is 4.98 Å². The molecular formula is C22H25N3O2S. The van der Waals surface area contributed by atoms with Gasteiger partial charge in [0, 0.05) is 24.2 Å². The van der Waals surface area contributed by atoms with Gasteiger partial charge in [0.15, 0.2) is 5.13 Å². The van der Waals surface area contributed by atoms with Gasteiger partial charge in [-0.1, -0.05) is 43.4 Å². The summed E-state index contributed by atoms with van der Waals surface area (Å²) in [5.74, 6) is -0.130. The van der Waals surface area contributed by atoms with Crippen LogP contribution in [-0.2, 0) is 4.79 Å². The zero-order chi connectivity index (χ0) is 20.3. The van der Waals surface area contributed by atoms with Gasteiger partial charge in [0.1, 0.15) is 6.29 Å². The van der Waals surface area contributed by atoms with E-state index in [0.29, 0.717) is 18.5 Å². The number of aryl methyl sites for hydroxylation is 2. The van der Waals surface area contributed by atoms with Crippen LogP contribution in [0.2, 0.25) is 0 Å². The third-order valence-electron chi connectivity index (χ3n) is 4.72. The second kappa shape index (κ2) is 8.10. The van der Waals surface area contributed by atoms with Crippen LogP contribution in [0.3, 0.4) is 0 Å². The summed E-state index contributed by atoms with van der Waals surface area (Å²) in [6.07, 6.45) is 1.44. The predicted molar refractivity (Wildman–Crippen MR) is 116 cm³/mol. The van der Waals surface area contributed by atoms with E-state index in [-0.39, 0.29) is 11.3 Å². The van der Waals surface area contributed by atoms with Crippen molar-refractivity contribution >= 4 is 44.6 Å². The van der Waals surface area contributed by atoms with Crippen molar-refractivity contribution in [1.29, 1.82) is 0 Å². The number of nitrogens with zero attached hydrogens (tertiary/aromatic N) is 1. The molecule has 0 saturated carbocycles. The minimum absolute atomic E-state index is 0.129. The maximum absolute atomic E-state index is 12.7. The second-order valence-corrected chi connectivity index (χ2v) is 8.84. The van der Waals surface area contributed by atoms with Crippen molar-refractivity contribution < 1.29 is 9.59 Å². The summed E-state index contributed by atoms with van der Waals surface area (Å²) in [7, 11) is 0. The Hall–Kier alpha value is -2.73. The van der Waals surface area contributed by atoms with E-state index in [0.717, 1.165) is 38.4 Å². The smallest absolute Gasteiger partial charge is 0.255 e. The summed E-state index contributed by atoms with van der Waals surface area (Å²) in [6, 6.07) is 11.5. The molecule has 0 bridgehead atoms. The van der Waals surface area contributed by atoms with Gasteiger partial charge in [-0.2, -0.15) is 0 Å². The van der Waals surface area contributed by atoms with Gasteiger partial charge in [0.2, 0.25) is 0 Å². The highest BCUT2D eigenvalue weighted by Crippen LogP contribution is 2.29. The number of benzene rings is 2. The summed E-state index contributed by atoms with van der Waals surface area (Å²) in [5.41, 5.74) is 4.26. The van der Waals surface area contributed by atoms with Crippen molar-refractivity contribution in [2.24, 2.45) is 5.41 Å². The lowest BCUT2D eigenvalue weighted by molar-refractivity contribution is -0.109. The fraction of sp³-hybridized carbons (Fsp3) is 0.318. The Morgan fingerprint density at radius 3 is 2.57 bits per heavy atom. The van der Waals surface area contributed by atoms with Crippen LogP contribution in [-0.4, -0.2) is 23.7 Å². The van der Waals surface area contributed by atoms with E-state index in [9.17, 15) is 9.59 Å². The molecule has 0 aliphatic carbocycles. The molecule has 146 valence electrons. The largest absolute Gasteiger partial charge is 0.361 e. The van der Waals surface area contributed by atoms with Crippen LogP contribution in [0.25, 0.3) is 10.2 Å². The van der Waals surface area contributed by atoms with Crippen molar-refractivity contribution in [2.75, 3.05) is 17.2 Å². The monoisotopic (exact) mass is 395 g/mol. The Morgan fingerprint density at radius 2 is 1.89 bits per heavy atom. The number of thiazole rings is 1. The molecular weight excluding hydrogens is 370 g/mol. The molecule has 3 rings (SSSR count). The van der Waals surface area contributed by atoms with Crippen LogP contribution in [0.15, 0.2) is 36.4 Å². The second-order valence-electron chi connectivity index (χ2n) is 7.81. The molecule has 0 saturated heterocycles. The van der Waals surface area contributed by atoms with Crippen LogP contribution in [0.1, 0.15) is 41.8 Å². The molecule has 0 atom stereocenters. The third-order valence-corrected chi connectivity index (χ3v) is 5.70. The molecule has 3 aromatic rings. The molecule has 0 spiro atoms. The third kappa shape index (κ3) is 4.57. The minimum atomic E-state index is -0.130. The first-order valence-corrected chi connectivity index (χ1v) is 10.1. The Balaban J connectivity index is 1.77. The van der Waals surface area contributed by atoms with Crippen LogP contribution < -0.4 is 10.6 Å². The lowest BCUT2D eigenvalue weighted by Gasteiger charge is -2.21. The van der Waals surface area contributed by atoms with Crippen molar-refractivity contribution in [3.63, 3.8) is 0 Å². The van der Waals surface area contributed by atoms with Crippen molar-refractivity contribution in [1.82, 2.24) is 4.98 Å². The van der Waals surface area contributed by atoms with Gasteiger partial charge in [-0.3, -0.25) is 4.79 Å². The fourth-order valence-electron chi connectivity index (χ4n) is 2.95. The summed E-state index contributed by atoms with van der Waals surface area (Å²) in [6.45, 7) is 8.71. The highest BCUT2D eigenvalue weighted by atomic mass is 32.1. The average Bonchev–Trinajstić information content (AvgIpc) is 3.05. The van der Waals surface area contributed by atoms with Crippen molar-refractivity contribution in [3.05, 3.63) is 53.1 Å². The van der Waals surface area contributed by atoms with Crippen LogP contribution in [0.4, 0.5) is 10.8 Å². The van der Waals surface area contributed by atoms with Gasteiger partial charge >= 0.3 is 0 Å². The van der Waals surface area contributed by atoms with Gasteiger partial charge in [-0.05, 0) is 48.6 Å². The molecule has 1 amide bonds. The number of para-hydroxylation sites is 1. The Bertz CT molecular complexity index is 1000. The number of aldehydes is 1.